The number of carbonyl (C=O) groups excluding carboxylic acids is 1. The summed E-state index contributed by atoms with van der Waals surface area (Å²) >= 11 is 12.3. The third-order valence-electron chi connectivity index (χ3n) is 3.41. The fourth-order valence-corrected chi connectivity index (χ4v) is 3.03. The molecule has 0 bridgehead atoms. The molecular formula is C15H20Cl2N2O2. The number of benzene rings is 1. The molecule has 4 nitrogen and oxygen atoms in total. The Morgan fingerprint density at radius 2 is 1.95 bits per heavy atom. The van der Waals surface area contributed by atoms with E-state index in [1.54, 1.807) is 6.07 Å². The molecular weight excluding hydrogens is 311 g/mol. The van der Waals surface area contributed by atoms with Gasteiger partial charge in [-0.15, -0.1) is 0 Å². The molecule has 116 valence electrons. The molecule has 1 aromatic carbocycles. The number of aryl methyl sites for hydroxylation is 1. The molecule has 0 radical (unpaired) electrons. The van der Waals surface area contributed by atoms with Crippen molar-refractivity contribution >= 4 is 34.8 Å². The fourth-order valence-electron chi connectivity index (χ4n) is 2.57. The van der Waals surface area contributed by atoms with Gasteiger partial charge in [0.2, 0.25) is 5.91 Å². The minimum atomic E-state index is -0.120. The second-order valence-electron chi connectivity index (χ2n) is 5.55. The first-order valence-corrected chi connectivity index (χ1v) is 7.74. The van der Waals surface area contributed by atoms with Crippen LogP contribution in [0.15, 0.2) is 12.1 Å². The van der Waals surface area contributed by atoms with Gasteiger partial charge in [-0.3, -0.25) is 9.69 Å². The lowest BCUT2D eigenvalue weighted by molar-refractivity contribution is -0.121. The molecule has 0 aromatic heterocycles. The largest absolute Gasteiger partial charge is 0.373 e. The van der Waals surface area contributed by atoms with Gasteiger partial charge in [-0.05, 0) is 32.4 Å². The normalized spacial score (nSPS) is 23.1. The van der Waals surface area contributed by atoms with E-state index in [1.165, 1.54) is 0 Å². The van der Waals surface area contributed by atoms with Crippen molar-refractivity contribution in [1.29, 1.82) is 0 Å². The number of anilines is 1. The van der Waals surface area contributed by atoms with E-state index in [9.17, 15) is 4.79 Å². The number of nitrogens with one attached hydrogen (secondary N) is 1. The van der Waals surface area contributed by atoms with E-state index in [2.05, 4.69) is 10.2 Å². The first-order chi connectivity index (χ1) is 9.86. The van der Waals surface area contributed by atoms with Crippen LogP contribution in [0.5, 0.6) is 0 Å². The Morgan fingerprint density at radius 1 is 1.33 bits per heavy atom. The summed E-state index contributed by atoms with van der Waals surface area (Å²) < 4.78 is 5.65. The molecule has 1 N–H and O–H groups in total. The molecule has 0 aliphatic carbocycles. The van der Waals surface area contributed by atoms with E-state index in [-0.39, 0.29) is 18.1 Å². The Hall–Kier alpha value is -0.810. The Bertz CT molecular complexity index is 527. The zero-order valence-electron chi connectivity index (χ0n) is 12.5. The van der Waals surface area contributed by atoms with Crippen molar-refractivity contribution < 1.29 is 9.53 Å². The van der Waals surface area contributed by atoms with Crippen LogP contribution in [0.3, 0.4) is 0 Å². The maximum atomic E-state index is 12.2. The van der Waals surface area contributed by atoms with Crippen LogP contribution >= 0.6 is 23.2 Å². The number of carbonyl (C=O) groups is 1. The number of ether oxygens (including phenoxy) is 1. The molecule has 1 saturated heterocycles. The third-order valence-corrected chi connectivity index (χ3v) is 4.21. The first-order valence-electron chi connectivity index (χ1n) is 6.99. The summed E-state index contributed by atoms with van der Waals surface area (Å²) in [7, 11) is 0. The highest BCUT2D eigenvalue weighted by Gasteiger charge is 2.24. The van der Waals surface area contributed by atoms with Gasteiger partial charge in [0.05, 0.1) is 34.5 Å². The molecule has 0 spiro atoms. The van der Waals surface area contributed by atoms with Gasteiger partial charge in [-0.1, -0.05) is 29.3 Å². The van der Waals surface area contributed by atoms with E-state index >= 15 is 0 Å². The van der Waals surface area contributed by atoms with Gasteiger partial charge in [0.1, 0.15) is 0 Å². The van der Waals surface area contributed by atoms with Crippen molar-refractivity contribution in [2.75, 3.05) is 25.0 Å². The molecule has 1 aromatic rings. The highest BCUT2D eigenvalue weighted by atomic mass is 35.5. The smallest absolute Gasteiger partial charge is 0.238 e. The van der Waals surface area contributed by atoms with Crippen LogP contribution in [0.1, 0.15) is 19.4 Å². The molecule has 1 amide bonds. The topological polar surface area (TPSA) is 41.6 Å². The van der Waals surface area contributed by atoms with Crippen molar-refractivity contribution in [1.82, 2.24) is 4.90 Å². The van der Waals surface area contributed by atoms with Gasteiger partial charge < -0.3 is 10.1 Å². The van der Waals surface area contributed by atoms with E-state index in [0.717, 1.165) is 18.7 Å². The average Bonchev–Trinajstić information content (AvgIpc) is 2.38. The van der Waals surface area contributed by atoms with Crippen LogP contribution < -0.4 is 5.32 Å². The summed E-state index contributed by atoms with van der Waals surface area (Å²) in [6, 6.07) is 3.56. The molecule has 2 atom stereocenters. The lowest BCUT2D eigenvalue weighted by atomic mass is 10.2. The van der Waals surface area contributed by atoms with Crippen molar-refractivity contribution in [3.63, 3.8) is 0 Å². The number of morpholine rings is 1. The van der Waals surface area contributed by atoms with Gasteiger partial charge in [0.25, 0.3) is 0 Å². The van der Waals surface area contributed by atoms with Crippen molar-refractivity contribution in [3.8, 4) is 0 Å². The summed E-state index contributed by atoms with van der Waals surface area (Å²) in [6.45, 7) is 7.68. The van der Waals surface area contributed by atoms with E-state index < -0.39 is 0 Å². The Labute approximate surface area is 135 Å². The van der Waals surface area contributed by atoms with E-state index in [1.807, 2.05) is 26.8 Å². The molecule has 2 rings (SSSR count). The van der Waals surface area contributed by atoms with Crippen LogP contribution in [-0.4, -0.2) is 42.6 Å². The summed E-state index contributed by atoms with van der Waals surface area (Å²) in [5.74, 6) is -0.120. The van der Waals surface area contributed by atoms with Crippen molar-refractivity contribution in [2.24, 2.45) is 0 Å². The monoisotopic (exact) mass is 330 g/mol. The van der Waals surface area contributed by atoms with Gasteiger partial charge >= 0.3 is 0 Å². The molecule has 1 aliphatic heterocycles. The average molecular weight is 331 g/mol. The predicted molar refractivity (Wildman–Crippen MR) is 86.3 cm³/mol. The highest BCUT2D eigenvalue weighted by molar-refractivity contribution is 6.40. The number of rotatable bonds is 3. The number of nitrogens with zero attached hydrogens (tertiary/aromatic N) is 1. The predicted octanol–water partition coefficient (Wildman–Crippen LogP) is 3.35. The highest BCUT2D eigenvalue weighted by Crippen LogP contribution is 2.32. The van der Waals surface area contributed by atoms with Gasteiger partial charge in [-0.25, -0.2) is 0 Å². The van der Waals surface area contributed by atoms with Crippen LogP contribution in [-0.2, 0) is 9.53 Å². The SMILES string of the molecule is Cc1ccc(Cl)c(NC(=O)CN2C[C@H](C)O[C@@H](C)C2)c1Cl. The number of halogens is 2. The van der Waals surface area contributed by atoms with E-state index in [4.69, 9.17) is 27.9 Å². The number of hydrogen-bond donors (Lipinski definition) is 1. The minimum absolute atomic E-state index is 0.120. The second-order valence-corrected chi connectivity index (χ2v) is 6.34. The molecule has 1 fully saturated rings. The quantitative estimate of drug-likeness (QED) is 0.924. The Morgan fingerprint density at radius 3 is 2.57 bits per heavy atom. The van der Waals surface area contributed by atoms with Gasteiger partial charge in [0.15, 0.2) is 0 Å². The maximum absolute atomic E-state index is 12.2. The van der Waals surface area contributed by atoms with E-state index in [0.29, 0.717) is 22.3 Å². The Balaban J connectivity index is 2.01. The molecule has 0 unspecified atom stereocenters. The lowest BCUT2D eigenvalue weighted by Gasteiger charge is -2.34. The summed E-state index contributed by atoms with van der Waals surface area (Å²) in [5.41, 5.74) is 1.36. The van der Waals surface area contributed by atoms with Crippen LogP contribution in [0.2, 0.25) is 10.0 Å². The zero-order chi connectivity index (χ0) is 15.6. The number of amides is 1. The van der Waals surface area contributed by atoms with Crippen LogP contribution in [0, 0.1) is 6.92 Å². The summed E-state index contributed by atoms with van der Waals surface area (Å²) in [6.07, 6.45) is 0.264. The summed E-state index contributed by atoms with van der Waals surface area (Å²) in [4.78, 5) is 14.3. The third kappa shape index (κ3) is 4.33. The standard InChI is InChI=1S/C15H20Cl2N2O2/c1-9-4-5-12(16)15(14(9)17)18-13(20)8-19-6-10(2)21-11(3)7-19/h4-5,10-11H,6-8H2,1-3H3,(H,18,20)/t10-,11-/m0/s1. The van der Waals surface area contributed by atoms with Crippen molar-refractivity contribution in [3.05, 3.63) is 27.7 Å². The molecule has 0 saturated carbocycles. The Kier molecular flexibility index (Phi) is 5.49. The number of hydrogen-bond acceptors (Lipinski definition) is 3. The zero-order valence-corrected chi connectivity index (χ0v) is 14.0. The lowest BCUT2D eigenvalue weighted by Crippen LogP contribution is -2.48. The molecule has 6 heteroatoms. The van der Waals surface area contributed by atoms with Gasteiger partial charge in [0, 0.05) is 13.1 Å². The van der Waals surface area contributed by atoms with Gasteiger partial charge in [-0.2, -0.15) is 0 Å². The van der Waals surface area contributed by atoms with Crippen LogP contribution in [0.25, 0.3) is 0 Å². The minimum Gasteiger partial charge on any atom is -0.373 e. The second kappa shape index (κ2) is 6.97. The molecule has 1 aliphatic rings. The maximum Gasteiger partial charge on any atom is 0.238 e. The summed E-state index contributed by atoms with van der Waals surface area (Å²) in [5, 5.41) is 3.74. The fraction of sp³-hybridized carbons (Fsp3) is 0.533. The molecule has 21 heavy (non-hydrogen) atoms. The van der Waals surface area contributed by atoms with Crippen molar-refractivity contribution in [2.45, 2.75) is 33.0 Å². The van der Waals surface area contributed by atoms with Crippen LogP contribution in [0.4, 0.5) is 5.69 Å². The first kappa shape index (κ1) is 16.6. The molecule has 1 heterocycles.